The first kappa shape index (κ1) is 21.4. The Labute approximate surface area is 149 Å². The lowest BCUT2D eigenvalue weighted by Crippen LogP contribution is -2.39. The van der Waals surface area contributed by atoms with E-state index in [0.717, 1.165) is 12.8 Å². The summed E-state index contributed by atoms with van der Waals surface area (Å²) in [4.78, 5) is 35.8. The average Bonchev–Trinajstić information content (AvgIpc) is 2.94. The first-order valence-electron chi connectivity index (χ1n) is 8.79. The van der Waals surface area contributed by atoms with Gasteiger partial charge in [0.25, 0.3) is 0 Å². The first-order chi connectivity index (χ1) is 11.6. The fourth-order valence-electron chi connectivity index (χ4n) is 3.07. The molecule has 0 bridgehead atoms. The van der Waals surface area contributed by atoms with Gasteiger partial charge in [-0.2, -0.15) is 0 Å². The van der Waals surface area contributed by atoms with Crippen molar-refractivity contribution in [1.82, 2.24) is 5.32 Å². The zero-order chi connectivity index (χ0) is 19.2. The van der Waals surface area contributed by atoms with Crippen molar-refractivity contribution in [1.29, 1.82) is 0 Å². The van der Waals surface area contributed by atoms with E-state index in [0.29, 0.717) is 6.54 Å². The molecule has 0 aromatic carbocycles. The van der Waals surface area contributed by atoms with Crippen molar-refractivity contribution in [3.05, 3.63) is 0 Å². The summed E-state index contributed by atoms with van der Waals surface area (Å²) >= 11 is 0. The number of esters is 2. The Hall–Kier alpha value is -1.63. The number of ether oxygens (including phenoxy) is 3. The highest BCUT2D eigenvalue weighted by Crippen LogP contribution is 2.35. The van der Waals surface area contributed by atoms with Crippen molar-refractivity contribution in [3.8, 4) is 0 Å². The van der Waals surface area contributed by atoms with Gasteiger partial charge in [-0.05, 0) is 27.2 Å². The van der Waals surface area contributed by atoms with Gasteiger partial charge in [-0.15, -0.1) is 0 Å². The molecule has 0 radical (unpaired) electrons. The minimum Gasteiger partial charge on any atom is -0.469 e. The number of carbonyl (C=O) groups excluding carboxylic acids is 3. The number of nitrogens with one attached hydrogen (secondary N) is 1. The van der Waals surface area contributed by atoms with Crippen LogP contribution in [0.15, 0.2) is 0 Å². The average molecular weight is 357 g/mol. The molecule has 1 N–H and O–H groups in total. The Kier molecular flexibility index (Phi) is 7.86. The molecule has 144 valence electrons. The Morgan fingerprint density at radius 3 is 2.36 bits per heavy atom. The maximum Gasteiger partial charge on any atom is 0.335 e. The fourth-order valence-corrected chi connectivity index (χ4v) is 3.07. The molecule has 4 unspecified atom stereocenters. The van der Waals surface area contributed by atoms with Crippen LogP contribution in [0.5, 0.6) is 0 Å². The molecular formula is C18H31NO6. The zero-order valence-electron chi connectivity index (χ0n) is 16.1. The van der Waals surface area contributed by atoms with E-state index < -0.39 is 35.7 Å². The lowest BCUT2D eigenvalue weighted by molar-refractivity contribution is -0.169. The van der Waals surface area contributed by atoms with E-state index in [1.807, 2.05) is 6.92 Å². The summed E-state index contributed by atoms with van der Waals surface area (Å²) in [6.45, 7) is 9.21. The standard InChI is InChI=1S/C18H31NO6/c1-7-8-12(10-19-11(2)20)15-13(16(21)23-6)9-14(24-15)17(22)25-18(3,4)5/h12-15H,7-10H2,1-6H3,(H,19,20). The second kappa shape index (κ2) is 9.17. The minimum absolute atomic E-state index is 0.0783. The van der Waals surface area contributed by atoms with Crippen LogP contribution in [0.2, 0.25) is 0 Å². The Morgan fingerprint density at radius 2 is 1.88 bits per heavy atom. The number of methoxy groups -OCH3 is 1. The molecule has 0 aromatic heterocycles. The molecule has 25 heavy (non-hydrogen) atoms. The van der Waals surface area contributed by atoms with E-state index in [9.17, 15) is 14.4 Å². The van der Waals surface area contributed by atoms with E-state index in [2.05, 4.69) is 5.32 Å². The highest BCUT2D eigenvalue weighted by Gasteiger charge is 2.47. The monoisotopic (exact) mass is 357 g/mol. The second-order valence-corrected chi connectivity index (χ2v) is 7.47. The van der Waals surface area contributed by atoms with Gasteiger partial charge in [0.05, 0.1) is 19.1 Å². The van der Waals surface area contributed by atoms with Crippen LogP contribution in [0.1, 0.15) is 53.9 Å². The van der Waals surface area contributed by atoms with Gasteiger partial charge in [0, 0.05) is 25.8 Å². The molecule has 0 saturated carbocycles. The molecule has 7 nitrogen and oxygen atoms in total. The number of amides is 1. The molecular weight excluding hydrogens is 326 g/mol. The van der Waals surface area contributed by atoms with Gasteiger partial charge in [-0.25, -0.2) is 4.79 Å². The molecule has 1 rings (SSSR count). The van der Waals surface area contributed by atoms with Gasteiger partial charge in [0.1, 0.15) is 5.60 Å². The third-order valence-electron chi connectivity index (χ3n) is 4.10. The molecule has 1 saturated heterocycles. The number of carbonyl (C=O) groups is 3. The molecule has 1 aliphatic rings. The fraction of sp³-hybridized carbons (Fsp3) is 0.833. The van der Waals surface area contributed by atoms with E-state index in [1.165, 1.54) is 14.0 Å². The van der Waals surface area contributed by atoms with Crippen molar-refractivity contribution in [3.63, 3.8) is 0 Å². The van der Waals surface area contributed by atoms with Crippen molar-refractivity contribution >= 4 is 17.8 Å². The quantitative estimate of drug-likeness (QED) is 0.699. The summed E-state index contributed by atoms with van der Waals surface area (Å²) in [7, 11) is 1.32. The zero-order valence-corrected chi connectivity index (χ0v) is 16.1. The van der Waals surface area contributed by atoms with Crippen LogP contribution in [-0.2, 0) is 28.6 Å². The molecule has 1 aliphatic heterocycles. The third-order valence-corrected chi connectivity index (χ3v) is 4.10. The highest BCUT2D eigenvalue weighted by atomic mass is 16.6. The van der Waals surface area contributed by atoms with E-state index in [-0.39, 0.29) is 18.2 Å². The first-order valence-corrected chi connectivity index (χ1v) is 8.79. The lowest BCUT2D eigenvalue weighted by Gasteiger charge is -2.27. The van der Waals surface area contributed by atoms with Gasteiger partial charge in [0.2, 0.25) is 5.91 Å². The van der Waals surface area contributed by atoms with Gasteiger partial charge < -0.3 is 19.5 Å². The van der Waals surface area contributed by atoms with Gasteiger partial charge >= 0.3 is 11.9 Å². The summed E-state index contributed by atoms with van der Waals surface area (Å²) in [5, 5.41) is 2.78. The van der Waals surface area contributed by atoms with Gasteiger partial charge in [-0.3, -0.25) is 9.59 Å². The molecule has 1 fully saturated rings. The van der Waals surface area contributed by atoms with Crippen LogP contribution in [0, 0.1) is 11.8 Å². The number of hydrogen-bond acceptors (Lipinski definition) is 6. The lowest BCUT2D eigenvalue weighted by atomic mass is 9.87. The minimum atomic E-state index is -0.801. The predicted molar refractivity (Wildman–Crippen MR) is 91.7 cm³/mol. The van der Waals surface area contributed by atoms with Crippen molar-refractivity contribution in [2.75, 3.05) is 13.7 Å². The van der Waals surface area contributed by atoms with E-state index in [1.54, 1.807) is 20.8 Å². The smallest absolute Gasteiger partial charge is 0.335 e. The molecule has 1 amide bonds. The summed E-state index contributed by atoms with van der Waals surface area (Å²) in [6.07, 6.45) is 0.572. The molecule has 0 aliphatic carbocycles. The van der Waals surface area contributed by atoms with Crippen LogP contribution in [0.25, 0.3) is 0 Å². The summed E-state index contributed by atoms with van der Waals surface area (Å²) in [5.74, 6) is -1.64. The summed E-state index contributed by atoms with van der Waals surface area (Å²) < 4.78 is 16.2. The molecule has 0 spiro atoms. The van der Waals surface area contributed by atoms with E-state index >= 15 is 0 Å². The van der Waals surface area contributed by atoms with Crippen LogP contribution in [0.4, 0.5) is 0 Å². The molecule has 0 aromatic rings. The molecule has 1 heterocycles. The van der Waals surface area contributed by atoms with Gasteiger partial charge in [0.15, 0.2) is 6.10 Å². The van der Waals surface area contributed by atoms with Crippen LogP contribution in [0.3, 0.4) is 0 Å². The number of rotatable bonds is 7. The van der Waals surface area contributed by atoms with Crippen molar-refractivity contribution in [2.24, 2.45) is 11.8 Å². The maximum atomic E-state index is 12.3. The van der Waals surface area contributed by atoms with Crippen molar-refractivity contribution < 1.29 is 28.6 Å². The maximum absolute atomic E-state index is 12.3. The van der Waals surface area contributed by atoms with Crippen LogP contribution in [-0.4, -0.2) is 49.3 Å². The third kappa shape index (κ3) is 6.65. The highest BCUT2D eigenvalue weighted by molar-refractivity contribution is 5.79. The topological polar surface area (TPSA) is 90.9 Å². The van der Waals surface area contributed by atoms with Crippen molar-refractivity contribution in [2.45, 2.75) is 71.7 Å². The van der Waals surface area contributed by atoms with Crippen LogP contribution >= 0.6 is 0 Å². The normalized spacial score (nSPS) is 24.5. The van der Waals surface area contributed by atoms with Gasteiger partial charge in [-0.1, -0.05) is 13.3 Å². The molecule has 7 heteroatoms. The second-order valence-electron chi connectivity index (χ2n) is 7.47. The largest absolute Gasteiger partial charge is 0.469 e. The van der Waals surface area contributed by atoms with E-state index in [4.69, 9.17) is 14.2 Å². The Balaban J connectivity index is 2.93. The summed E-state index contributed by atoms with van der Waals surface area (Å²) in [5.41, 5.74) is -0.627. The molecule has 4 atom stereocenters. The summed E-state index contributed by atoms with van der Waals surface area (Å²) in [6, 6.07) is 0. The van der Waals surface area contributed by atoms with Crippen LogP contribution < -0.4 is 5.32 Å². The predicted octanol–water partition coefficient (Wildman–Crippen LogP) is 1.83. The Bertz CT molecular complexity index is 484. The SMILES string of the molecule is CCCC(CNC(C)=O)C1OC(C(=O)OC(C)(C)C)CC1C(=O)OC. The number of hydrogen-bond donors (Lipinski definition) is 1. The Morgan fingerprint density at radius 1 is 1.24 bits per heavy atom.